The quantitative estimate of drug-likeness (QED) is 0.507. The third kappa shape index (κ3) is 5.48. The minimum absolute atomic E-state index is 0.152. The lowest BCUT2D eigenvalue weighted by Crippen LogP contribution is -2.15. The number of hydrogen-bond acceptors (Lipinski definition) is 6. The molecule has 0 atom stereocenters. The van der Waals surface area contributed by atoms with E-state index in [9.17, 15) is 13.2 Å². The van der Waals surface area contributed by atoms with Crippen LogP contribution < -0.4 is 5.32 Å². The van der Waals surface area contributed by atoms with Gasteiger partial charge >= 0.3 is 0 Å². The zero-order valence-electron chi connectivity index (χ0n) is 16.9. The van der Waals surface area contributed by atoms with Crippen molar-refractivity contribution in [2.75, 3.05) is 11.1 Å². The van der Waals surface area contributed by atoms with Gasteiger partial charge in [-0.3, -0.25) is 4.79 Å². The fourth-order valence-corrected chi connectivity index (χ4v) is 5.00. The molecule has 0 fully saturated rings. The molecule has 0 saturated heterocycles. The number of amides is 1. The van der Waals surface area contributed by atoms with Gasteiger partial charge in [-0.25, -0.2) is 8.42 Å². The summed E-state index contributed by atoms with van der Waals surface area (Å²) in [7, 11) is -3.52. The van der Waals surface area contributed by atoms with Crippen LogP contribution in [-0.2, 0) is 33.4 Å². The molecule has 3 rings (SSSR count). The molecule has 2 aromatic carbocycles. The van der Waals surface area contributed by atoms with Crippen LogP contribution in [0.3, 0.4) is 0 Å². The van der Waals surface area contributed by atoms with Gasteiger partial charge in [-0.05, 0) is 43.2 Å². The molecule has 0 unspecified atom stereocenters. The van der Waals surface area contributed by atoms with Gasteiger partial charge in [0.2, 0.25) is 5.91 Å². The predicted octanol–water partition coefficient (Wildman–Crippen LogP) is 3.57. The maximum absolute atomic E-state index is 12.6. The highest BCUT2D eigenvalue weighted by atomic mass is 32.2. The van der Waals surface area contributed by atoms with Crippen molar-refractivity contribution in [3.8, 4) is 0 Å². The first-order valence-corrected chi connectivity index (χ1v) is 12.3. The Morgan fingerprint density at radius 2 is 1.73 bits per heavy atom. The van der Waals surface area contributed by atoms with Crippen LogP contribution in [0.5, 0.6) is 0 Å². The van der Waals surface area contributed by atoms with Crippen LogP contribution in [0.1, 0.15) is 25.2 Å². The molecule has 30 heavy (non-hydrogen) atoms. The molecule has 0 aliphatic heterocycles. The number of nitrogens with zero attached hydrogens (tertiary/aromatic N) is 3. The van der Waals surface area contributed by atoms with Gasteiger partial charge in [0.1, 0.15) is 11.6 Å². The Balaban J connectivity index is 1.64. The van der Waals surface area contributed by atoms with E-state index in [2.05, 4.69) is 22.4 Å². The molecule has 0 bridgehead atoms. The number of benzene rings is 2. The van der Waals surface area contributed by atoms with E-state index in [-0.39, 0.29) is 22.3 Å². The smallest absolute Gasteiger partial charge is 0.234 e. The van der Waals surface area contributed by atoms with Gasteiger partial charge in [-0.1, -0.05) is 49.0 Å². The molecule has 158 valence electrons. The number of carbonyl (C=O) groups excluding carboxylic acids is 1. The number of hydrogen-bond donors (Lipinski definition) is 1. The number of sulfone groups is 1. The zero-order chi connectivity index (χ0) is 21.6. The Kier molecular flexibility index (Phi) is 7.28. The number of aryl methyl sites for hydroxylation is 1. The highest BCUT2D eigenvalue weighted by Crippen LogP contribution is 2.21. The molecule has 7 nitrogen and oxygen atoms in total. The van der Waals surface area contributed by atoms with Crippen LogP contribution >= 0.6 is 11.8 Å². The first-order valence-electron chi connectivity index (χ1n) is 9.64. The summed E-state index contributed by atoms with van der Waals surface area (Å²) < 4.78 is 27.0. The van der Waals surface area contributed by atoms with Crippen molar-refractivity contribution < 1.29 is 13.2 Å². The Labute approximate surface area is 180 Å². The first-order chi connectivity index (χ1) is 14.4. The highest BCUT2D eigenvalue weighted by Gasteiger charge is 2.21. The van der Waals surface area contributed by atoms with Gasteiger partial charge in [0.05, 0.1) is 10.6 Å². The van der Waals surface area contributed by atoms with Crippen molar-refractivity contribution in [2.45, 2.75) is 42.6 Å². The first kappa shape index (κ1) is 22.0. The molecule has 0 saturated carbocycles. The monoisotopic (exact) mass is 444 g/mol. The largest absolute Gasteiger partial charge is 0.325 e. The fourth-order valence-electron chi connectivity index (χ4n) is 2.88. The summed E-state index contributed by atoms with van der Waals surface area (Å²) in [6.07, 6.45) is 0.944. The average molecular weight is 445 g/mol. The van der Waals surface area contributed by atoms with E-state index in [0.717, 1.165) is 12.1 Å². The molecule has 0 aliphatic rings. The molecule has 9 heteroatoms. The Morgan fingerprint density at radius 3 is 2.37 bits per heavy atom. The Bertz CT molecular complexity index is 1100. The summed E-state index contributed by atoms with van der Waals surface area (Å²) in [6, 6.07) is 16.0. The summed E-state index contributed by atoms with van der Waals surface area (Å²) in [5.74, 6) is 0.112. The van der Waals surface area contributed by atoms with Gasteiger partial charge in [0.15, 0.2) is 15.0 Å². The van der Waals surface area contributed by atoms with Crippen molar-refractivity contribution in [3.05, 3.63) is 66.0 Å². The average Bonchev–Trinajstić information content (AvgIpc) is 3.14. The van der Waals surface area contributed by atoms with Crippen molar-refractivity contribution in [1.29, 1.82) is 0 Å². The van der Waals surface area contributed by atoms with E-state index in [1.54, 1.807) is 34.9 Å². The van der Waals surface area contributed by atoms with Crippen LogP contribution in [0.25, 0.3) is 0 Å². The van der Waals surface area contributed by atoms with Crippen molar-refractivity contribution in [2.24, 2.45) is 0 Å². The molecule has 1 amide bonds. The van der Waals surface area contributed by atoms with E-state index >= 15 is 0 Å². The third-order valence-corrected chi connectivity index (χ3v) is 7.10. The van der Waals surface area contributed by atoms with Gasteiger partial charge in [-0.15, -0.1) is 10.2 Å². The van der Waals surface area contributed by atoms with E-state index in [0.29, 0.717) is 17.5 Å². The number of carbonyl (C=O) groups is 1. The van der Waals surface area contributed by atoms with Crippen molar-refractivity contribution in [3.63, 3.8) is 0 Å². The standard InChI is InChI=1S/C21H24N4O3S2/c1-3-16-10-12-17(13-11-16)22-20(26)14-29-21-24-23-19(25(21)4-2)15-30(27,28)18-8-6-5-7-9-18/h5-13H,3-4,14-15H2,1-2H3,(H,22,26). The lowest BCUT2D eigenvalue weighted by Gasteiger charge is -2.09. The minimum Gasteiger partial charge on any atom is -0.325 e. The molecule has 1 N–H and O–H groups in total. The van der Waals surface area contributed by atoms with E-state index in [1.807, 2.05) is 31.2 Å². The second-order valence-corrected chi connectivity index (χ2v) is 9.53. The van der Waals surface area contributed by atoms with Crippen molar-refractivity contribution >= 4 is 33.2 Å². The summed E-state index contributed by atoms with van der Waals surface area (Å²) >= 11 is 1.23. The summed E-state index contributed by atoms with van der Waals surface area (Å²) in [6.45, 7) is 4.48. The number of rotatable bonds is 9. The molecular formula is C21H24N4O3S2. The van der Waals surface area contributed by atoms with E-state index in [1.165, 1.54) is 17.3 Å². The molecule has 1 aromatic heterocycles. The number of nitrogens with one attached hydrogen (secondary N) is 1. The lowest BCUT2D eigenvalue weighted by atomic mass is 10.1. The normalized spacial score (nSPS) is 11.4. The van der Waals surface area contributed by atoms with Crippen molar-refractivity contribution in [1.82, 2.24) is 14.8 Å². The molecule has 0 aliphatic carbocycles. The summed E-state index contributed by atoms with van der Waals surface area (Å²) in [5, 5.41) is 11.5. The van der Waals surface area contributed by atoms with Crippen LogP contribution in [0.2, 0.25) is 0 Å². The molecular weight excluding hydrogens is 420 g/mol. The summed E-state index contributed by atoms with van der Waals surface area (Å²) in [5.41, 5.74) is 1.95. The summed E-state index contributed by atoms with van der Waals surface area (Å²) in [4.78, 5) is 12.5. The molecule has 0 radical (unpaired) electrons. The third-order valence-electron chi connectivity index (χ3n) is 4.51. The second kappa shape index (κ2) is 9.90. The van der Waals surface area contributed by atoms with Crippen LogP contribution in [-0.4, -0.2) is 34.8 Å². The van der Waals surface area contributed by atoms with E-state index < -0.39 is 9.84 Å². The van der Waals surface area contributed by atoms with Gasteiger partial charge in [0, 0.05) is 12.2 Å². The van der Waals surface area contributed by atoms with Crippen LogP contribution in [0.4, 0.5) is 5.69 Å². The zero-order valence-corrected chi connectivity index (χ0v) is 18.5. The molecule has 1 heterocycles. The number of thioether (sulfide) groups is 1. The molecule has 3 aromatic rings. The Morgan fingerprint density at radius 1 is 1.03 bits per heavy atom. The highest BCUT2D eigenvalue weighted by molar-refractivity contribution is 7.99. The van der Waals surface area contributed by atoms with Gasteiger partial charge in [-0.2, -0.15) is 0 Å². The number of anilines is 1. The lowest BCUT2D eigenvalue weighted by molar-refractivity contribution is -0.113. The predicted molar refractivity (Wildman–Crippen MR) is 118 cm³/mol. The minimum atomic E-state index is -3.52. The van der Waals surface area contributed by atoms with Crippen LogP contribution in [0.15, 0.2) is 64.6 Å². The molecule has 0 spiro atoms. The SMILES string of the molecule is CCc1ccc(NC(=O)CSc2nnc(CS(=O)(=O)c3ccccc3)n2CC)cc1. The van der Waals surface area contributed by atoms with Crippen LogP contribution in [0, 0.1) is 0 Å². The van der Waals surface area contributed by atoms with E-state index in [4.69, 9.17) is 0 Å². The van der Waals surface area contributed by atoms with Gasteiger partial charge < -0.3 is 9.88 Å². The Hall–Kier alpha value is -2.65. The second-order valence-electron chi connectivity index (χ2n) is 6.60. The number of aromatic nitrogens is 3. The fraction of sp³-hybridized carbons (Fsp3) is 0.286. The maximum atomic E-state index is 12.6. The van der Waals surface area contributed by atoms with Gasteiger partial charge in [0.25, 0.3) is 0 Å². The maximum Gasteiger partial charge on any atom is 0.234 e. The topological polar surface area (TPSA) is 94.0 Å².